The van der Waals surface area contributed by atoms with Crippen molar-refractivity contribution in [1.82, 2.24) is 0 Å². The van der Waals surface area contributed by atoms with Crippen molar-refractivity contribution in [2.45, 2.75) is 17.4 Å². The first-order valence-electron chi connectivity index (χ1n) is 7.04. The van der Waals surface area contributed by atoms with Crippen LogP contribution in [0.4, 0.5) is 29.5 Å². The Morgan fingerprint density at radius 2 is 1.71 bits per heavy atom. The number of nitrogens with one attached hydrogen (secondary N) is 1. The Bertz CT molecular complexity index is 748. The molecular weight excluding hydrogens is 358 g/mol. The first-order valence-corrected chi connectivity index (χ1v) is 8.99. The molecule has 1 aromatic rings. The maximum Gasteiger partial charge on any atom is 0.310 e. The Kier molecular flexibility index (Phi) is 3.20. The minimum Gasteiger partial charge on any atom is -0.326 e. The number of anilines is 1. The van der Waals surface area contributed by atoms with E-state index in [0.29, 0.717) is 12.5 Å². The van der Waals surface area contributed by atoms with Gasteiger partial charge in [-0.2, -0.15) is 0 Å². The number of hydrogen-bond acceptors (Lipinski definition) is 2. The van der Waals surface area contributed by atoms with Crippen molar-refractivity contribution in [2.75, 3.05) is 5.32 Å². The number of halogens is 6. The van der Waals surface area contributed by atoms with Crippen molar-refractivity contribution in [3.05, 3.63) is 36.2 Å². The van der Waals surface area contributed by atoms with Crippen LogP contribution in [0.3, 0.4) is 0 Å². The van der Waals surface area contributed by atoms with Crippen molar-refractivity contribution in [3.63, 3.8) is 0 Å². The van der Waals surface area contributed by atoms with E-state index < -0.39 is 44.5 Å². The number of hydrogen-bond donors (Lipinski definition) is 2. The maximum absolute atomic E-state index is 13.4. The zero-order valence-electron chi connectivity index (χ0n) is 12.1. The van der Waals surface area contributed by atoms with Gasteiger partial charge in [-0.1, -0.05) is 31.6 Å². The summed E-state index contributed by atoms with van der Waals surface area (Å²) in [5.41, 5.74) is 5.23. The van der Waals surface area contributed by atoms with E-state index in [-0.39, 0.29) is 24.0 Å². The highest BCUT2D eigenvalue weighted by Gasteiger charge is 2.65. The number of benzene rings is 1. The summed E-state index contributed by atoms with van der Waals surface area (Å²) in [7, 11) is -10.0. The molecule has 0 aromatic heterocycles. The lowest BCUT2D eigenvalue weighted by Crippen LogP contribution is -2.41. The molecule has 1 aromatic carbocycles. The molecule has 2 aliphatic carbocycles. The summed E-state index contributed by atoms with van der Waals surface area (Å²) >= 11 is 0. The summed E-state index contributed by atoms with van der Waals surface area (Å²) in [4.78, 5) is 9.85. The summed E-state index contributed by atoms with van der Waals surface area (Å²) in [6.45, 7) is 0. The van der Waals surface area contributed by atoms with Crippen LogP contribution in [0.5, 0.6) is 0 Å². The molecule has 4 atom stereocenters. The first-order chi connectivity index (χ1) is 10.7. The third kappa shape index (κ3) is 3.12. The van der Waals surface area contributed by atoms with Gasteiger partial charge < -0.3 is 11.1 Å². The molecule has 1 amide bonds. The number of nitrogens with two attached hydrogens (primary N) is 1. The predicted molar refractivity (Wildman–Crippen MR) is 78.6 cm³/mol. The van der Waals surface area contributed by atoms with Gasteiger partial charge in [-0.15, -0.1) is 0 Å². The van der Waals surface area contributed by atoms with E-state index in [4.69, 9.17) is 5.73 Å². The summed E-state index contributed by atoms with van der Waals surface area (Å²) in [6.07, 6.45) is 4.32. The number of rotatable bonds is 3. The second-order valence-electron chi connectivity index (χ2n) is 6.19. The SMILES string of the molecule is N[C@@H]1[C@H](C(=O)Nc2cc(F)cc(S(F)(F)(F)(F)F)c2)[C@H]2C=C[C@@H]1C2. The monoisotopic (exact) mass is 372 g/mol. The fraction of sp³-hybridized carbons (Fsp3) is 0.357. The molecular formula is C14H14F6N2OS. The minimum atomic E-state index is -10.0. The molecule has 0 heterocycles. The molecule has 1 saturated carbocycles. The van der Waals surface area contributed by atoms with E-state index >= 15 is 0 Å². The van der Waals surface area contributed by atoms with Crippen LogP contribution in [0, 0.1) is 23.6 Å². The second-order valence-corrected chi connectivity index (χ2v) is 8.59. The van der Waals surface area contributed by atoms with Crippen molar-refractivity contribution < 1.29 is 28.6 Å². The summed E-state index contributed by atoms with van der Waals surface area (Å²) < 4.78 is 77.5. The Morgan fingerprint density at radius 1 is 1.08 bits per heavy atom. The molecule has 0 saturated heterocycles. The molecule has 24 heavy (non-hydrogen) atoms. The number of amides is 1. The van der Waals surface area contributed by atoms with Gasteiger partial charge in [0.1, 0.15) is 10.7 Å². The lowest BCUT2D eigenvalue weighted by molar-refractivity contribution is -0.120. The van der Waals surface area contributed by atoms with Crippen LogP contribution in [0.1, 0.15) is 6.42 Å². The van der Waals surface area contributed by atoms with Gasteiger partial charge in [-0.3, -0.25) is 4.79 Å². The highest BCUT2D eigenvalue weighted by Crippen LogP contribution is 3.02. The van der Waals surface area contributed by atoms with Gasteiger partial charge in [0, 0.05) is 11.7 Å². The van der Waals surface area contributed by atoms with Crippen molar-refractivity contribution >= 4 is 21.8 Å². The van der Waals surface area contributed by atoms with Gasteiger partial charge in [-0.25, -0.2) is 4.39 Å². The van der Waals surface area contributed by atoms with E-state index in [9.17, 15) is 28.6 Å². The molecule has 0 aliphatic heterocycles. The van der Waals surface area contributed by atoms with Gasteiger partial charge in [0.15, 0.2) is 0 Å². The number of fused-ring (bicyclic) bond motifs is 2. The summed E-state index contributed by atoms with van der Waals surface area (Å²) in [5.74, 6) is -3.08. The van der Waals surface area contributed by atoms with E-state index in [1.807, 2.05) is 6.08 Å². The summed E-state index contributed by atoms with van der Waals surface area (Å²) in [6, 6.07) is -0.205. The largest absolute Gasteiger partial charge is 0.326 e. The quantitative estimate of drug-likeness (QED) is 0.603. The molecule has 2 bridgehead atoms. The third-order valence-electron chi connectivity index (χ3n) is 4.41. The molecule has 0 radical (unpaired) electrons. The van der Waals surface area contributed by atoms with Gasteiger partial charge >= 0.3 is 10.2 Å². The molecule has 2 aliphatic rings. The highest BCUT2D eigenvalue weighted by molar-refractivity contribution is 8.45. The van der Waals surface area contributed by atoms with E-state index in [1.165, 1.54) is 0 Å². The zero-order chi connectivity index (χ0) is 18.0. The molecule has 3 nitrogen and oxygen atoms in total. The van der Waals surface area contributed by atoms with Crippen LogP contribution in [-0.4, -0.2) is 11.9 Å². The maximum atomic E-state index is 13.4. The average molecular weight is 372 g/mol. The lowest BCUT2D eigenvalue weighted by atomic mass is 9.88. The van der Waals surface area contributed by atoms with Gasteiger partial charge in [0.25, 0.3) is 0 Å². The molecule has 0 unspecified atom stereocenters. The number of allylic oxidation sites excluding steroid dienone is 1. The highest BCUT2D eigenvalue weighted by atomic mass is 32.5. The van der Waals surface area contributed by atoms with Crippen molar-refractivity contribution in [3.8, 4) is 0 Å². The van der Waals surface area contributed by atoms with Crippen LogP contribution >= 0.6 is 10.2 Å². The van der Waals surface area contributed by atoms with Crippen molar-refractivity contribution in [2.24, 2.45) is 23.5 Å². The summed E-state index contributed by atoms with van der Waals surface area (Å²) in [5, 5.41) is 2.08. The normalized spacial score (nSPS) is 31.6. The van der Waals surface area contributed by atoms with Gasteiger partial charge in [0.2, 0.25) is 5.91 Å². The lowest BCUT2D eigenvalue weighted by Gasteiger charge is -2.40. The van der Waals surface area contributed by atoms with Crippen LogP contribution in [-0.2, 0) is 4.79 Å². The molecule has 3 rings (SSSR count). The predicted octanol–water partition coefficient (Wildman–Crippen LogP) is 4.57. The topological polar surface area (TPSA) is 55.1 Å². The molecule has 10 heteroatoms. The molecule has 134 valence electrons. The first kappa shape index (κ1) is 17.2. The zero-order valence-corrected chi connectivity index (χ0v) is 12.9. The van der Waals surface area contributed by atoms with E-state index in [0.717, 1.165) is 0 Å². The van der Waals surface area contributed by atoms with Gasteiger partial charge in [0.05, 0.1) is 5.92 Å². The smallest absolute Gasteiger partial charge is 0.310 e. The molecule has 1 fully saturated rings. The molecule has 3 N–H and O–H groups in total. The number of carbonyl (C=O) groups is 1. The fourth-order valence-electron chi connectivity index (χ4n) is 3.31. The van der Waals surface area contributed by atoms with Crippen LogP contribution in [0.2, 0.25) is 0 Å². The molecule has 0 spiro atoms. The Balaban J connectivity index is 1.88. The standard InChI is InChI=1S/C14H14F6N2OS/c15-9-4-10(6-11(5-9)24(16,17,18,19)20)22-14(23)12-7-1-2-8(3-7)13(12)21/h1-2,4-8,12-13H,3,21H2,(H,22,23)/t7-,8+,12+,13-/m0/s1. The van der Waals surface area contributed by atoms with Crippen LogP contribution in [0.15, 0.2) is 35.2 Å². The minimum absolute atomic E-state index is 0.00138. The van der Waals surface area contributed by atoms with Crippen LogP contribution < -0.4 is 11.1 Å². The number of carbonyl (C=O) groups excluding carboxylic acids is 1. The van der Waals surface area contributed by atoms with E-state index in [2.05, 4.69) is 5.32 Å². The van der Waals surface area contributed by atoms with E-state index in [1.54, 1.807) is 6.08 Å². The third-order valence-corrected chi connectivity index (χ3v) is 5.53. The average Bonchev–Trinajstić information content (AvgIpc) is 2.95. The van der Waals surface area contributed by atoms with Crippen molar-refractivity contribution in [1.29, 1.82) is 0 Å². The van der Waals surface area contributed by atoms with Gasteiger partial charge in [-0.05, 0) is 36.5 Å². The van der Waals surface area contributed by atoms with Crippen LogP contribution in [0.25, 0.3) is 0 Å². The second kappa shape index (κ2) is 4.48. The fourth-order valence-corrected chi connectivity index (χ4v) is 4.00. The Morgan fingerprint density at radius 3 is 2.25 bits per heavy atom. The Hall–Kier alpha value is -1.68. The Labute approximate surface area is 133 Å².